The zero-order chi connectivity index (χ0) is 14.5. The van der Waals surface area contributed by atoms with Crippen molar-refractivity contribution in [3.63, 3.8) is 0 Å². The van der Waals surface area contributed by atoms with Crippen LogP contribution in [0.4, 0.5) is 4.39 Å². The van der Waals surface area contributed by atoms with Gasteiger partial charge in [-0.3, -0.25) is 9.67 Å². The lowest BCUT2D eigenvalue weighted by Gasteiger charge is -2.13. The summed E-state index contributed by atoms with van der Waals surface area (Å²) >= 11 is 0. The first kappa shape index (κ1) is 14.7. The summed E-state index contributed by atoms with van der Waals surface area (Å²) in [6.45, 7) is 4.29. The second-order valence-electron chi connectivity index (χ2n) is 4.94. The molecular formula is C15H21FN4. The predicted octanol–water partition coefficient (Wildman–Crippen LogP) is 3.02. The normalized spacial score (nSPS) is 12.8. The van der Waals surface area contributed by atoms with Crippen LogP contribution in [0.2, 0.25) is 0 Å². The number of rotatable bonds is 6. The van der Waals surface area contributed by atoms with Crippen molar-refractivity contribution in [2.24, 2.45) is 5.73 Å². The molecule has 0 spiro atoms. The quantitative estimate of drug-likeness (QED) is 0.882. The molecule has 1 unspecified atom stereocenters. The molecular weight excluding hydrogens is 255 g/mol. The van der Waals surface area contributed by atoms with E-state index in [1.807, 2.05) is 16.9 Å². The number of aromatic nitrogens is 3. The zero-order valence-corrected chi connectivity index (χ0v) is 12.0. The first-order chi connectivity index (χ1) is 9.65. The fraction of sp³-hybridized carbons (Fsp3) is 0.467. The topological polar surface area (TPSA) is 56.7 Å². The molecule has 0 aliphatic heterocycles. The number of halogens is 1. The van der Waals surface area contributed by atoms with Crippen molar-refractivity contribution in [2.45, 2.75) is 45.2 Å². The maximum absolute atomic E-state index is 13.6. The van der Waals surface area contributed by atoms with Crippen LogP contribution < -0.4 is 5.73 Å². The largest absolute Gasteiger partial charge is 0.322 e. The highest BCUT2D eigenvalue weighted by atomic mass is 19.1. The standard InChI is InChI=1S/C15H21FN4/c1-3-12(4-2)20-9-7-11(19-20)10-14(17)15-13(16)6-5-8-18-15/h5-9,12,14H,3-4,10,17H2,1-2H3. The minimum atomic E-state index is -0.471. The number of nitrogens with two attached hydrogens (primary N) is 1. The SMILES string of the molecule is CCC(CC)n1ccc(CC(N)c2ncccc2F)n1. The molecule has 0 amide bonds. The van der Waals surface area contributed by atoms with Crippen molar-refractivity contribution in [1.29, 1.82) is 0 Å². The van der Waals surface area contributed by atoms with E-state index in [0.717, 1.165) is 18.5 Å². The van der Waals surface area contributed by atoms with Gasteiger partial charge in [-0.15, -0.1) is 0 Å². The molecule has 0 aliphatic carbocycles. The van der Waals surface area contributed by atoms with Crippen LogP contribution in [0, 0.1) is 5.82 Å². The van der Waals surface area contributed by atoms with Gasteiger partial charge in [0, 0.05) is 18.8 Å². The molecule has 0 saturated heterocycles. The molecule has 2 rings (SSSR count). The van der Waals surface area contributed by atoms with Gasteiger partial charge in [-0.2, -0.15) is 5.10 Å². The van der Waals surface area contributed by atoms with Crippen LogP contribution in [0.1, 0.15) is 50.2 Å². The highest BCUT2D eigenvalue weighted by Gasteiger charge is 2.15. The highest BCUT2D eigenvalue weighted by molar-refractivity contribution is 5.14. The summed E-state index contributed by atoms with van der Waals surface area (Å²) in [6, 6.07) is 4.82. The van der Waals surface area contributed by atoms with Crippen molar-refractivity contribution in [1.82, 2.24) is 14.8 Å². The third-order valence-electron chi connectivity index (χ3n) is 3.55. The highest BCUT2D eigenvalue weighted by Crippen LogP contribution is 2.18. The molecule has 0 bridgehead atoms. The van der Waals surface area contributed by atoms with E-state index in [4.69, 9.17) is 5.73 Å². The lowest BCUT2D eigenvalue weighted by molar-refractivity contribution is 0.424. The average molecular weight is 276 g/mol. The van der Waals surface area contributed by atoms with Crippen LogP contribution in [0.3, 0.4) is 0 Å². The number of nitrogens with zero attached hydrogens (tertiary/aromatic N) is 3. The Balaban J connectivity index is 2.09. The lowest BCUT2D eigenvalue weighted by atomic mass is 10.1. The van der Waals surface area contributed by atoms with Gasteiger partial charge in [0.25, 0.3) is 0 Å². The van der Waals surface area contributed by atoms with Crippen LogP contribution in [0.25, 0.3) is 0 Å². The van der Waals surface area contributed by atoms with Gasteiger partial charge < -0.3 is 5.73 Å². The molecule has 2 N–H and O–H groups in total. The summed E-state index contributed by atoms with van der Waals surface area (Å²) in [5.41, 5.74) is 7.19. The first-order valence-corrected chi connectivity index (χ1v) is 7.05. The van der Waals surface area contributed by atoms with Gasteiger partial charge >= 0.3 is 0 Å². The minimum Gasteiger partial charge on any atom is -0.322 e. The van der Waals surface area contributed by atoms with Crippen LogP contribution >= 0.6 is 0 Å². The maximum atomic E-state index is 13.6. The Bertz CT molecular complexity index is 548. The maximum Gasteiger partial charge on any atom is 0.146 e. The van der Waals surface area contributed by atoms with Crippen molar-refractivity contribution in [2.75, 3.05) is 0 Å². The molecule has 0 radical (unpaired) electrons. The number of hydrogen-bond acceptors (Lipinski definition) is 3. The molecule has 0 aromatic carbocycles. The smallest absolute Gasteiger partial charge is 0.146 e. The summed E-state index contributed by atoms with van der Waals surface area (Å²) < 4.78 is 15.6. The molecule has 2 aromatic heterocycles. The number of pyridine rings is 1. The third kappa shape index (κ3) is 3.22. The summed E-state index contributed by atoms with van der Waals surface area (Å²) in [6.07, 6.45) is 6.09. The summed E-state index contributed by atoms with van der Waals surface area (Å²) in [7, 11) is 0. The minimum absolute atomic E-state index is 0.296. The fourth-order valence-electron chi connectivity index (χ4n) is 2.35. The van der Waals surface area contributed by atoms with Gasteiger partial charge in [-0.05, 0) is 31.0 Å². The van der Waals surface area contributed by atoms with Crippen molar-refractivity contribution in [3.05, 3.63) is 47.8 Å². The predicted molar refractivity (Wildman–Crippen MR) is 76.7 cm³/mol. The molecule has 0 aliphatic rings. The van der Waals surface area contributed by atoms with Crippen LogP contribution in [-0.4, -0.2) is 14.8 Å². The average Bonchev–Trinajstić information content (AvgIpc) is 2.89. The molecule has 4 nitrogen and oxygen atoms in total. The van der Waals surface area contributed by atoms with E-state index in [2.05, 4.69) is 23.9 Å². The Morgan fingerprint density at radius 2 is 2.05 bits per heavy atom. The molecule has 5 heteroatoms. The van der Waals surface area contributed by atoms with Crippen molar-refractivity contribution < 1.29 is 4.39 Å². The van der Waals surface area contributed by atoms with E-state index >= 15 is 0 Å². The van der Waals surface area contributed by atoms with Gasteiger partial charge in [-0.1, -0.05) is 13.8 Å². The van der Waals surface area contributed by atoms with E-state index in [-0.39, 0.29) is 5.82 Å². The second-order valence-corrected chi connectivity index (χ2v) is 4.94. The fourth-order valence-corrected chi connectivity index (χ4v) is 2.35. The van der Waals surface area contributed by atoms with Gasteiger partial charge in [0.2, 0.25) is 0 Å². The molecule has 0 saturated carbocycles. The molecule has 1 atom stereocenters. The summed E-state index contributed by atoms with van der Waals surface area (Å²) in [4.78, 5) is 4.01. The van der Waals surface area contributed by atoms with Gasteiger partial charge in [0.15, 0.2) is 0 Å². The van der Waals surface area contributed by atoms with Gasteiger partial charge in [0.05, 0.1) is 23.5 Å². The van der Waals surface area contributed by atoms with E-state index < -0.39 is 6.04 Å². The number of hydrogen-bond donors (Lipinski definition) is 1. The monoisotopic (exact) mass is 276 g/mol. The molecule has 108 valence electrons. The molecule has 2 aromatic rings. The van der Waals surface area contributed by atoms with Crippen molar-refractivity contribution in [3.8, 4) is 0 Å². The van der Waals surface area contributed by atoms with Crippen LogP contribution in [-0.2, 0) is 6.42 Å². The molecule has 0 fully saturated rings. The Labute approximate surface area is 118 Å². The molecule has 20 heavy (non-hydrogen) atoms. The van der Waals surface area contributed by atoms with Gasteiger partial charge in [0.1, 0.15) is 5.82 Å². The Hall–Kier alpha value is -1.75. The zero-order valence-electron chi connectivity index (χ0n) is 12.0. The Kier molecular flexibility index (Phi) is 4.84. The Morgan fingerprint density at radius 1 is 1.30 bits per heavy atom. The second kappa shape index (κ2) is 6.61. The third-order valence-corrected chi connectivity index (χ3v) is 3.55. The molecule has 2 heterocycles. The van der Waals surface area contributed by atoms with Gasteiger partial charge in [-0.25, -0.2) is 4.39 Å². The van der Waals surface area contributed by atoms with E-state index in [9.17, 15) is 4.39 Å². The summed E-state index contributed by atoms with van der Waals surface area (Å²) in [5, 5.41) is 4.53. The Morgan fingerprint density at radius 3 is 2.70 bits per heavy atom. The summed E-state index contributed by atoms with van der Waals surface area (Å²) in [5.74, 6) is -0.362. The lowest BCUT2D eigenvalue weighted by Crippen LogP contribution is -2.17. The van der Waals surface area contributed by atoms with Crippen LogP contribution in [0.5, 0.6) is 0 Å². The first-order valence-electron chi connectivity index (χ1n) is 7.05. The van der Waals surface area contributed by atoms with Crippen LogP contribution in [0.15, 0.2) is 30.6 Å². The van der Waals surface area contributed by atoms with E-state index in [1.54, 1.807) is 12.3 Å². The van der Waals surface area contributed by atoms with Crippen molar-refractivity contribution >= 4 is 0 Å². The van der Waals surface area contributed by atoms with E-state index in [1.165, 1.54) is 6.07 Å². The van der Waals surface area contributed by atoms with E-state index in [0.29, 0.717) is 18.2 Å².